The quantitative estimate of drug-likeness (QED) is 0.678. The zero-order valence-electron chi connectivity index (χ0n) is 18.2. The minimum absolute atomic E-state index is 0.321. The number of methoxy groups -OCH3 is 1. The summed E-state index contributed by atoms with van der Waals surface area (Å²) in [6, 6.07) is 14.7. The van der Waals surface area contributed by atoms with Crippen molar-refractivity contribution in [1.29, 1.82) is 0 Å². The number of aryl methyl sites for hydroxylation is 1. The van der Waals surface area contributed by atoms with Gasteiger partial charge < -0.3 is 20.3 Å². The Morgan fingerprint density at radius 2 is 1.72 bits per heavy atom. The maximum atomic E-state index is 12.7. The van der Waals surface area contributed by atoms with Crippen LogP contribution in [-0.2, 0) is 9.53 Å². The molecule has 2 heterocycles. The number of hydrogen-bond donors (Lipinski definition) is 2. The first-order valence-electron chi connectivity index (χ1n) is 10.6. The maximum Gasteiger partial charge on any atom is 0.338 e. The van der Waals surface area contributed by atoms with E-state index in [4.69, 9.17) is 16.3 Å². The molecule has 2 aliphatic heterocycles. The Hall–Kier alpha value is -3.03. The third kappa shape index (κ3) is 4.89. The van der Waals surface area contributed by atoms with Gasteiger partial charge in [-0.05, 0) is 36.8 Å². The van der Waals surface area contributed by atoms with Crippen LogP contribution < -0.4 is 15.5 Å². The van der Waals surface area contributed by atoms with Crippen LogP contribution in [-0.4, -0.2) is 56.7 Å². The van der Waals surface area contributed by atoms with Crippen molar-refractivity contribution >= 4 is 29.3 Å². The molecule has 0 saturated carbocycles. The fourth-order valence-electron chi connectivity index (χ4n) is 4.14. The molecule has 1 atom stereocenters. The smallest absolute Gasteiger partial charge is 0.338 e. The summed E-state index contributed by atoms with van der Waals surface area (Å²) < 4.78 is 5.08. The van der Waals surface area contributed by atoms with Gasteiger partial charge in [-0.2, -0.15) is 0 Å². The molecule has 2 N–H and O–H groups in total. The van der Waals surface area contributed by atoms with Gasteiger partial charge >= 0.3 is 12.0 Å². The summed E-state index contributed by atoms with van der Waals surface area (Å²) in [6.45, 7) is 5.76. The second-order valence-corrected chi connectivity index (χ2v) is 8.50. The van der Waals surface area contributed by atoms with Gasteiger partial charge in [-0.15, -0.1) is 0 Å². The monoisotopic (exact) mass is 454 g/mol. The lowest BCUT2D eigenvalue weighted by molar-refractivity contribution is -0.136. The Balaban J connectivity index is 1.53. The number of amides is 2. The number of carbonyl (C=O) groups excluding carboxylic acids is 2. The van der Waals surface area contributed by atoms with Crippen LogP contribution in [0, 0.1) is 6.92 Å². The third-order valence-electron chi connectivity index (χ3n) is 5.92. The highest BCUT2D eigenvalue weighted by Crippen LogP contribution is 2.28. The summed E-state index contributed by atoms with van der Waals surface area (Å²) in [6.07, 6.45) is 0. The Morgan fingerprint density at radius 3 is 2.34 bits per heavy atom. The SMILES string of the molecule is COC(=O)C1=C(CN2CCN(c3ccc(Cl)cc3)CC2)NC(=O)N[C@H]1c1ccc(C)cc1. The summed E-state index contributed by atoms with van der Waals surface area (Å²) in [5.41, 5.74) is 4.12. The molecule has 8 heteroatoms. The number of urea groups is 1. The van der Waals surface area contributed by atoms with Crippen molar-refractivity contribution in [3.8, 4) is 0 Å². The average molecular weight is 455 g/mol. The Kier molecular flexibility index (Phi) is 6.67. The van der Waals surface area contributed by atoms with E-state index in [-0.39, 0.29) is 6.03 Å². The number of piperazine rings is 1. The molecule has 0 bridgehead atoms. The second kappa shape index (κ2) is 9.63. The van der Waals surface area contributed by atoms with E-state index in [1.165, 1.54) is 7.11 Å². The topological polar surface area (TPSA) is 73.9 Å². The van der Waals surface area contributed by atoms with Crippen LogP contribution in [0.3, 0.4) is 0 Å². The number of benzene rings is 2. The number of esters is 1. The molecule has 2 amide bonds. The van der Waals surface area contributed by atoms with Gasteiger partial charge in [0, 0.05) is 49.1 Å². The van der Waals surface area contributed by atoms with E-state index in [0.29, 0.717) is 17.8 Å². The number of hydrogen-bond acceptors (Lipinski definition) is 5. The van der Waals surface area contributed by atoms with Crippen LogP contribution in [0.2, 0.25) is 5.02 Å². The molecule has 1 fully saturated rings. The van der Waals surface area contributed by atoms with E-state index in [1.54, 1.807) is 0 Å². The maximum absolute atomic E-state index is 12.7. The fraction of sp³-hybridized carbons (Fsp3) is 0.333. The molecule has 168 valence electrons. The molecule has 0 radical (unpaired) electrons. The zero-order valence-corrected chi connectivity index (χ0v) is 19.0. The largest absolute Gasteiger partial charge is 0.466 e. The van der Waals surface area contributed by atoms with E-state index in [0.717, 1.165) is 48.0 Å². The zero-order chi connectivity index (χ0) is 22.7. The van der Waals surface area contributed by atoms with Gasteiger partial charge in [0.1, 0.15) is 0 Å². The first-order chi connectivity index (χ1) is 15.4. The van der Waals surface area contributed by atoms with Crippen LogP contribution in [0.25, 0.3) is 0 Å². The lowest BCUT2D eigenvalue weighted by atomic mass is 9.94. The number of halogens is 1. The number of carbonyl (C=O) groups is 2. The van der Waals surface area contributed by atoms with Crippen LogP contribution >= 0.6 is 11.6 Å². The number of ether oxygens (including phenoxy) is 1. The van der Waals surface area contributed by atoms with E-state index >= 15 is 0 Å². The molecule has 7 nitrogen and oxygen atoms in total. The van der Waals surface area contributed by atoms with Crippen LogP contribution in [0.4, 0.5) is 10.5 Å². The number of nitrogens with zero attached hydrogens (tertiary/aromatic N) is 2. The van der Waals surface area contributed by atoms with Crippen molar-refractivity contribution in [2.75, 3.05) is 44.7 Å². The van der Waals surface area contributed by atoms with Crippen LogP contribution in [0.1, 0.15) is 17.2 Å². The van der Waals surface area contributed by atoms with Crippen molar-refractivity contribution in [1.82, 2.24) is 15.5 Å². The Morgan fingerprint density at radius 1 is 1.06 bits per heavy atom. The van der Waals surface area contributed by atoms with Crippen molar-refractivity contribution in [3.05, 3.63) is 76.0 Å². The average Bonchev–Trinajstić information content (AvgIpc) is 2.80. The molecule has 32 heavy (non-hydrogen) atoms. The summed E-state index contributed by atoms with van der Waals surface area (Å²) in [4.78, 5) is 29.7. The summed E-state index contributed by atoms with van der Waals surface area (Å²) >= 11 is 6.00. The highest BCUT2D eigenvalue weighted by Gasteiger charge is 2.34. The molecule has 1 saturated heterocycles. The number of nitrogens with one attached hydrogen (secondary N) is 2. The molecule has 2 aliphatic rings. The lowest BCUT2D eigenvalue weighted by Gasteiger charge is -2.38. The predicted octanol–water partition coefficient (Wildman–Crippen LogP) is 3.25. The standard InChI is InChI=1S/C24H27ClN4O3/c1-16-3-5-17(6-4-16)22-21(23(30)32-2)20(26-24(31)27-22)15-28-11-13-29(14-12-28)19-9-7-18(25)8-10-19/h3-10,22H,11-15H2,1-2H3,(H2,26,27,31)/t22-/m0/s1. The van der Waals surface area contributed by atoms with Crippen molar-refractivity contribution in [3.63, 3.8) is 0 Å². The van der Waals surface area contributed by atoms with Crippen molar-refractivity contribution in [2.24, 2.45) is 0 Å². The first kappa shape index (κ1) is 22.2. The molecular weight excluding hydrogens is 428 g/mol. The van der Waals surface area contributed by atoms with Crippen molar-refractivity contribution in [2.45, 2.75) is 13.0 Å². The molecule has 0 aromatic heterocycles. The van der Waals surface area contributed by atoms with Gasteiger partial charge in [-0.25, -0.2) is 9.59 Å². The van der Waals surface area contributed by atoms with Crippen LogP contribution in [0.5, 0.6) is 0 Å². The van der Waals surface area contributed by atoms with Gasteiger partial charge in [0.15, 0.2) is 0 Å². The number of rotatable bonds is 5. The van der Waals surface area contributed by atoms with Crippen LogP contribution in [0.15, 0.2) is 59.8 Å². The third-order valence-corrected chi connectivity index (χ3v) is 6.17. The van der Waals surface area contributed by atoms with E-state index in [2.05, 4.69) is 20.4 Å². The Labute approximate surface area is 193 Å². The molecule has 2 aromatic carbocycles. The van der Waals surface area contributed by atoms with E-state index < -0.39 is 12.0 Å². The van der Waals surface area contributed by atoms with Gasteiger partial charge in [-0.3, -0.25) is 4.90 Å². The minimum Gasteiger partial charge on any atom is -0.466 e. The molecule has 0 aliphatic carbocycles. The second-order valence-electron chi connectivity index (χ2n) is 8.07. The highest BCUT2D eigenvalue weighted by molar-refractivity contribution is 6.30. The lowest BCUT2D eigenvalue weighted by Crippen LogP contribution is -2.51. The molecule has 4 rings (SSSR count). The summed E-state index contributed by atoms with van der Waals surface area (Å²) in [5, 5.41) is 6.44. The van der Waals surface area contributed by atoms with E-state index in [9.17, 15) is 9.59 Å². The normalized spacial score (nSPS) is 19.4. The van der Waals surface area contributed by atoms with E-state index in [1.807, 2.05) is 55.5 Å². The minimum atomic E-state index is -0.554. The fourth-order valence-corrected chi connectivity index (χ4v) is 4.27. The first-order valence-corrected chi connectivity index (χ1v) is 11.0. The molecule has 0 spiro atoms. The van der Waals surface area contributed by atoms with Crippen molar-refractivity contribution < 1.29 is 14.3 Å². The van der Waals surface area contributed by atoms with Gasteiger partial charge in [-0.1, -0.05) is 41.4 Å². The highest BCUT2D eigenvalue weighted by atomic mass is 35.5. The summed E-state index contributed by atoms with van der Waals surface area (Å²) in [7, 11) is 1.36. The number of anilines is 1. The predicted molar refractivity (Wildman–Crippen MR) is 125 cm³/mol. The van der Waals surface area contributed by atoms with Gasteiger partial charge in [0.2, 0.25) is 0 Å². The van der Waals surface area contributed by atoms with Gasteiger partial charge in [0.25, 0.3) is 0 Å². The summed E-state index contributed by atoms with van der Waals surface area (Å²) in [5.74, 6) is -0.446. The molecule has 0 unspecified atom stereocenters. The van der Waals surface area contributed by atoms with Gasteiger partial charge in [0.05, 0.1) is 18.7 Å². The molecule has 2 aromatic rings. The molecular formula is C24H27ClN4O3. The Bertz CT molecular complexity index is 1010.